The summed E-state index contributed by atoms with van der Waals surface area (Å²) in [5.41, 5.74) is 1.11. The lowest BCUT2D eigenvalue weighted by atomic mass is 10.1. The van der Waals surface area contributed by atoms with Crippen LogP contribution < -0.4 is 0 Å². The summed E-state index contributed by atoms with van der Waals surface area (Å²) in [7, 11) is -1.81. The van der Waals surface area contributed by atoms with E-state index in [2.05, 4.69) is 0 Å². The first-order chi connectivity index (χ1) is 9.55. The van der Waals surface area contributed by atoms with Crippen molar-refractivity contribution < 1.29 is 13.2 Å². The Balaban J connectivity index is 2.12. The van der Waals surface area contributed by atoms with E-state index in [0.29, 0.717) is 24.0 Å². The first-order valence-electron chi connectivity index (χ1n) is 6.76. The highest BCUT2D eigenvalue weighted by Gasteiger charge is 2.30. The Bertz CT molecular complexity index is 524. The van der Waals surface area contributed by atoms with Gasteiger partial charge in [0.15, 0.2) is 0 Å². The van der Waals surface area contributed by atoms with Crippen LogP contribution >= 0.6 is 11.6 Å². The maximum absolute atomic E-state index is 12.5. The summed E-state index contributed by atoms with van der Waals surface area (Å²) in [5, 5.41) is 0. The van der Waals surface area contributed by atoms with Crippen LogP contribution in [0.4, 0.5) is 0 Å². The third kappa shape index (κ3) is 3.52. The highest BCUT2D eigenvalue weighted by Crippen LogP contribution is 2.21. The fourth-order valence-electron chi connectivity index (χ4n) is 2.27. The van der Waals surface area contributed by atoms with Crippen molar-refractivity contribution >= 4 is 21.6 Å². The number of hydrogen-bond acceptors (Lipinski definition) is 3. The zero-order valence-corrected chi connectivity index (χ0v) is 13.2. The van der Waals surface area contributed by atoms with Gasteiger partial charge in [-0.3, -0.25) is 0 Å². The highest BCUT2D eigenvalue weighted by atomic mass is 35.5. The van der Waals surface area contributed by atoms with E-state index in [1.54, 1.807) is 19.2 Å². The monoisotopic (exact) mass is 317 g/mol. The Kier molecular flexibility index (Phi) is 5.43. The van der Waals surface area contributed by atoms with E-state index in [0.717, 1.165) is 24.8 Å². The molecule has 1 aromatic carbocycles. The van der Waals surface area contributed by atoms with Gasteiger partial charge in [-0.15, -0.1) is 11.6 Å². The van der Waals surface area contributed by atoms with Crippen molar-refractivity contribution in [3.05, 3.63) is 29.8 Å². The van der Waals surface area contributed by atoms with E-state index in [-0.39, 0.29) is 6.04 Å². The number of rotatable bonds is 6. The lowest BCUT2D eigenvalue weighted by molar-refractivity contribution is 0.181. The summed E-state index contributed by atoms with van der Waals surface area (Å²) in [6.07, 6.45) is 2.52. The molecule has 4 nitrogen and oxygen atoms in total. The van der Waals surface area contributed by atoms with Crippen molar-refractivity contribution in [2.75, 3.05) is 26.1 Å². The van der Waals surface area contributed by atoms with Crippen molar-refractivity contribution in [1.29, 1.82) is 0 Å². The zero-order valence-electron chi connectivity index (χ0n) is 11.6. The Labute approximate surface area is 125 Å². The Morgan fingerprint density at radius 3 is 2.60 bits per heavy atom. The number of benzene rings is 1. The van der Waals surface area contributed by atoms with Crippen molar-refractivity contribution in [2.24, 2.45) is 0 Å². The minimum absolute atomic E-state index is 0.0593. The molecule has 0 spiro atoms. The third-order valence-corrected chi connectivity index (χ3v) is 5.81. The zero-order chi connectivity index (χ0) is 14.6. The lowest BCUT2D eigenvalue weighted by Gasteiger charge is -2.22. The Hall–Kier alpha value is -0.620. The van der Waals surface area contributed by atoms with Crippen LogP contribution in [0.1, 0.15) is 18.4 Å². The predicted octanol–water partition coefficient (Wildman–Crippen LogP) is 2.27. The fourth-order valence-corrected chi connectivity index (χ4v) is 3.78. The summed E-state index contributed by atoms with van der Waals surface area (Å²) in [6.45, 7) is 1.10. The molecule has 1 aromatic rings. The smallest absolute Gasteiger partial charge is 0.243 e. The SMILES string of the molecule is CN(C1CCOC1)S(=O)(=O)c1ccc(CCCCl)cc1. The topological polar surface area (TPSA) is 46.6 Å². The van der Waals surface area contributed by atoms with Crippen LogP contribution in [-0.2, 0) is 21.2 Å². The molecule has 6 heteroatoms. The van der Waals surface area contributed by atoms with Crippen LogP contribution in [0.3, 0.4) is 0 Å². The molecular formula is C14H20ClNO3S. The molecule has 1 heterocycles. The second kappa shape index (κ2) is 6.89. The molecule has 1 aliphatic heterocycles. The molecule has 1 aliphatic rings. The van der Waals surface area contributed by atoms with E-state index < -0.39 is 10.0 Å². The number of sulfonamides is 1. The van der Waals surface area contributed by atoms with Gasteiger partial charge in [-0.25, -0.2) is 8.42 Å². The fraction of sp³-hybridized carbons (Fsp3) is 0.571. The molecular weight excluding hydrogens is 298 g/mol. The van der Waals surface area contributed by atoms with Gasteiger partial charge >= 0.3 is 0 Å². The molecule has 0 amide bonds. The molecule has 20 heavy (non-hydrogen) atoms. The quantitative estimate of drug-likeness (QED) is 0.756. The average Bonchev–Trinajstić information content (AvgIpc) is 2.98. The van der Waals surface area contributed by atoms with Gasteiger partial charge in [0.2, 0.25) is 10.0 Å². The third-order valence-electron chi connectivity index (χ3n) is 3.62. The summed E-state index contributed by atoms with van der Waals surface area (Å²) >= 11 is 5.66. The number of ether oxygens (including phenoxy) is 1. The van der Waals surface area contributed by atoms with Crippen LogP contribution in [0.15, 0.2) is 29.2 Å². The molecule has 0 N–H and O–H groups in total. The van der Waals surface area contributed by atoms with Gasteiger partial charge < -0.3 is 4.74 Å². The molecule has 1 atom stereocenters. The van der Waals surface area contributed by atoms with E-state index in [9.17, 15) is 8.42 Å². The molecule has 0 bridgehead atoms. The van der Waals surface area contributed by atoms with Crippen LogP contribution in [0.5, 0.6) is 0 Å². The molecule has 0 radical (unpaired) electrons. The number of nitrogens with zero attached hydrogens (tertiary/aromatic N) is 1. The van der Waals surface area contributed by atoms with Crippen molar-refractivity contribution in [2.45, 2.75) is 30.2 Å². The maximum Gasteiger partial charge on any atom is 0.243 e. The first kappa shape index (κ1) is 15.8. The normalized spacial score (nSPS) is 19.6. The Morgan fingerprint density at radius 2 is 2.05 bits per heavy atom. The van der Waals surface area contributed by atoms with E-state index in [1.165, 1.54) is 4.31 Å². The molecule has 112 valence electrons. The number of hydrogen-bond donors (Lipinski definition) is 0. The van der Waals surface area contributed by atoms with Gasteiger partial charge in [-0.05, 0) is 37.0 Å². The second-order valence-electron chi connectivity index (χ2n) is 4.98. The molecule has 1 fully saturated rings. The molecule has 1 unspecified atom stereocenters. The minimum Gasteiger partial charge on any atom is -0.380 e. The lowest BCUT2D eigenvalue weighted by Crippen LogP contribution is -2.37. The van der Waals surface area contributed by atoms with Crippen molar-refractivity contribution in [3.63, 3.8) is 0 Å². The van der Waals surface area contributed by atoms with Gasteiger partial charge in [0, 0.05) is 19.5 Å². The number of alkyl halides is 1. The molecule has 0 aliphatic carbocycles. The van der Waals surface area contributed by atoms with E-state index >= 15 is 0 Å². The van der Waals surface area contributed by atoms with Crippen LogP contribution in [0.25, 0.3) is 0 Å². The Morgan fingerprint density at radius 1 is 1.35 bits per heavy atom. The van der Waals surface area contributed by atoms with E-state index in [4.69, 9.17) is 16.3 Å². The van der Waals surface area contributed by atoms with Gasteiger partial charge in [-0.2, -0.15) is 4.31 Å². The summed E-state index contributed by atoms with van der Waals surface area (Å²) < 4.78 is 31.7. The summed E-state index contributed by atoms with van der Waals surface area (Å²) in [6, 6.07) is 7.00. The van der Waals surface area contributed by atoms with Gasteiger partial charge in [0.25, 0.3) is 0 Å². The number of halogens is 1. The molecule has 2 rings (SSSR count). The van der Waals surface area contributed by atoms with Crippen LogP contribution in [0.2, 0.25) is 0 Å². The first-order valence-corrected chi connectivity index (χ1v) is 8.74. The number of likely N-dealkylation sites (N-methyl/N-ethyl adjacent to an activating group) is 1. The maximum atomic E-state index is 12.5. The molecule has 0 aromatic heterocycles. The largest absolute Gasteiger partial charge is 0.380 e. The summed E-state index contributed by atoms with van der Waals surface area (Å²) in [4.78, 5) is 0.335. The number of aryl methyl sites for hydroxylation is 1. The van der Waals surface area contributed by atoms with Crippen molar-refractivity contribution in [1.82, 2.24) is 4.31 Å². The highest BCUT2D eigenvalue weighted by molar-refractivity contribution is 7.89. The minimum atomic E-state index is -3.43. The van der Waals surface area contributed by atoms with E-state index in [1.807, 2.05) is 12.1 Å². The van der Waals surface area contributed by atoms with Gasteiger partial charge in [-0.1, -0.05) is 12.1 Å². The molecule has 0 saturated carbocycles. The van der Waals surface area contributed by atoms with Crippen LogP contribution in [0, 0.1) is 0 Å². The second-order valence-corrected chi connectivity index (χ2v) is 7.35. The standard InChI is InChI=1S/C14H20ClNO3S/c1-16(13-8-10-19-11-13)20(17,18)14-6-4-12(5-7-14)3-2-9-15/h4-7,13H,2-3,8-11H2,1H3. The summed E-state index contributed by atoms with van der Waals surface area (Å²) in [5.74, 6) is 0.616. The van der Waals surface area contributed by atoms with Crippen molar-refractivity contribution in [3.8, 4) is 0 Å². The van der Waals surface area contributed by atoms with Crippen LogP contribution in [-0.4, -0.2) is 44.9 Å². The molecule has 1 saturated heterocycles. The predicted molar refractivity (Wildman–Crippen MR) is 79.7 cm³/mol. The van der Waals surface area contributed by atoms with Gasteiger partial charge in [0.05, 0.1) is 17.5 Å². The average molecular weight is 318 g/mol. The van der Waals surface area contributed by atoms with Gasteiger partial charge in [0.1, 0.15) is 0 Å².